The van der Waals surface area contributed by atoms with Gasteiger partial charge in [-0.2, -0.15) is 5.26 Å². The smallest absolute Gasteiger partial charge is 0.264 e. The van der Waals surface area contributed by atoms with Crippen LogP contribution in [-0.2, 0) is 10.0 Å². The molecule has 2 N–H and O–H groups in total. The molecule has 0 aliphatic carbocycles. The Labute approximate surface area is 132 Å². The maximum absolute atomic E-state index is 12.6. The lowest BCUT2D eigenvalue weighted by Crippen LogP contribution is -2.13. The maximum Gasteiger partial charge on any atom is 0.264 e. The van der Waals surface area contributed by atoms with E-state index < -0.39 is 10.0 Å². The minimum absolute atomic E-state index is 0.0623. The second kappa shape index (κ2) is 5.62. The SMILES string of the molecule is COc1ccc(C#N)c(NS(=O)(=O)c2c[nH]c3ncccc23)c1. The van der Waals surface area contributed by atoms with Gasteiger partial charge < -0.3 is 9.72 Å². The van der Waals surface area contributed by atoms with Gasteiger partial charge in [-0.05, 0) is 24.3 Å². The lowest BCUT2D eigenvalue weighted by Gasteiger charge is -2.10. The molecule has 0 atom stereocenters. The van der Waals surface area contributed by atoms with Gasteiger partial charge in [0, 0.05) is 23.8 Å². The summed E-state index contributed by atoms with van der Waals surface area (Å²) < 4.78 is 32.8. The predicted molar refractivity (Wildman–Crippen MR) is 84.6 cm³/mol. The summed E-state index contributed by atoms with van der Waals surface area (Å²) in [6, 6.07) is 9.80. The lowest BCUT2D eigenvalue weighted by molar-refractivity contribution is 0.415. The molecule has 0 aliphatic rings. The predicted octanol–water partition coefficient (Wildman–Crippen LogP) is 2.24. The molecule has 0 saturated heterocycles. The molecule has 0 radical (unpaired) electrons. The molecule has 0 unspecified atom stereocenters. The van der Waals surface area contributed by atoms with Gasteiger partial charge in [0.1, 0.15) is 22.4 Å². The van der Waals surface area contributed by atoms with Crippen molar-refractivity contribution < 1.29 is 13.2 Å². The van der Waals surface area contributed by atoms with E-state index in [1.807, 2.05) is 6.07 Å². The standard InChI is InChI=1S/C15H12N4O3S/c1-22-11-5-4-10(8-16)13(7-11)19-23(20,21)14-9-18-15-12(14)3-2-6-17-15/h2-7,9,19H,1H3,(H,17,18). The first-order valence-electron chi connectivity index (χ1n) is 6.58. The number of rotatable bonds is 4. The van der Waals surface area contributed by atoms with Crippen LogP contribution in [0.2, 0.25) is 0 Å². The number of fused-ring (bicyclic) bond motifs is 1. The second-order valence-corrected chi connectivity index (χ2v) is 6.33. The van der Waals surface area contributed by atoms with Crippen LogP contribution in [0.25, 0.3) is 11.0 Å². The van der Waals surface area contributed by atoms with Crippen LogP contribution in [0.5, 0.6) is 5.75 Å². The molecule has 3 rings (SSSR count). The Morgan fingerprint density at radius 2 is 2.17 bits per heavy atom. The average molecular weight is 328 g/mol. The van der Waals surface area contributed by atoms with Crippen LogP contribution in [0.3, 0.4) is 0 Å². The number of nitrogens with one attached hydrogen (secondary N) is 2. The summed E-state index contributed by atoms with van der Waals surface area (Å²) in [5.74, 6) is 0.447. The number of methoxy groups -OCH3 is 1. The van der Waals surface area contributed by atoms with Crippen molar-refractivity contribution in [2.75, 3.05) is 11.8 Å². The number of hydrogen-bond acceptors (Lipinski definition) is 5. The third-order valence-electron chi connectivity index (χ3n) is 3.29. The van der Waals surface area contributed by atoms with E-state index in [1.54, 1.807) is 24.4 Å². The van der Waals surface area contributed by atoms with E-state index in [4.69, 9.17) is 10.00 Å². The maximum atomic E-state index is 12.6. The van der Waals surface area contributed by atoms with Crippen molar-refractivity contribution in [3.05, 3.63) is 48.3 Å². The molecule has 0 bridgehead atoms. The van der Waals surface area contributed by atoms with E-state index >= 15 is 0 Å². The zero-order valence-electron chi connectivity index (χ0n) is 12.1. The summed E-state index contributed by atoms with van der Waals surface area (Å²) in [7, 11) is -2.42. The van der Waals surface area contributed by atoms with Gasteiger partial charge in [0.25, 0.3) is 10.0 Å². The molecule has 3 aromatic rings. The fourth-order valence-electron chi connectivity index (χ4n) is 2.19. The Balaban J connectivity index is 2.07. The molecular formula is C15H12N4O3S. The lowest BCUT2D eigenvalue weighted by atomic mass is 10.2. The largest absolute Gasteiger partial charge is 0.497 e. The molecule has 2 aromatic heterocycles. The third-order valence-corrected chi connectivity index (χ3v) is 4.70. The van der Waals surface area contributed by atoms with Gasteiger partial charge in [-0.15, -0.1) is 0 Å². The third kappa shape index (κ3) is 2.69. The average Bonchev–Trinajstić information content (AvgIpc) is 2.99. The van der Waals surface area contributed by atoms with E-state index in [0.717, 1.165) is 0 Å². The van der Waals surface area contributed by atoms with E-state index in [9.17, 15) is 8.42 Å². The van der Waals surface area contributed by atoms with Crippen molar-refractivity contribution in [2.45, 2.75) is 4.90 Å². The highest BCUT2D eigenvalue weighted by Gasteiger charge is 2.21. The van der Waals surface area contributed by atoms with Crippen LogP contribution in [0.1, 0.15) is 5.56 Å². The Kier molecular flexibility index (Phi) is 3.64. The minimum Gasteiger partial charge on any atom is -0.497 e. The molecule has 0 aliphatic heterocycles. The molecule has 8 heteroatoms. The number of sulfonamides is 1. The van der Waals surface area contributed by atoms with Crippen molar-refractivity contribution in [1.29, 1.82) is 5.26 Å². The first kappa shape index (κ1) is 14.9. The highest BCUT2D eigenvalue weighted by molar-refractivity contribution is 7.93. The first-order chi connectivity index (χ1) is 11.0. The van der Waals surface area contributed by atoms with Crippen molar-refractivity contribution in [2.24, 2.45) is 0 Å². The van der Waals surface area contributed by atoms with Crippen molar-refractivity contribution in [3.63, 3.8) is 0 Å². The van der Waals surface area contributed by atoms with Gasteiger partial charge in [0.2, 0.25) is 0 Å². The van der Waals surface area contributed by atoms with Gasteiger partial charge in [-0.3, -0.25) is 4.72 Å². The van der Waals surface area contributed by atoms with Crippen LogP contribution < -0.4 is 9.46 Å². The summed E-state index contributed by atoms with van der Waals surface area (Å²) in [5, 5.41) is 9.61. The number of aromatic amines is 1. The van der Waals surface area contributed by atoms with Crippen molar-refractivity contribution >= 4 is 26.7 Å². The molecule has 116 valence electrons. The van der Waals surface area contributed by atoms with Crippen molar-refractivity contribution in [1.82, 2.24) is 9.97 Å². The quantitative estimate of drug-likeness (QED) is 0.763. The van der Waals surface area contributed by atoms with Gasteiger partial charge >= 0.3 is 0 Å². The van der Waals surface area contributed by atoms with E-state index in [1.165, 1.54) is 25.4 Å². The minimum atomic E-state index is -3.88. The highest BCUT2D eigenvalue weighted by Crippen LogP contribution is 2.27. The molecule has 2 heterocycles. The summed E-state index contributed by atoms with van der Waals surface area (Å²) in [4.78, 5) is 6.94. The van der Waals surface area contributed by atoms with Crippen molar-refractivity contribution in [3.8, 4) is 11.8 Å². The molecule has 23 heavy (non-hydrogen) atoms. The fraction of sp³-hybridized carbons (Fsp3) is 0.0667. The van der Waals surface area contributed by atoms with E-state index in [2.05, 4.69) is 14.7 Å². The zero-order chi connectivity index (χ0) is 16.4. The molecule has 0 fully saturated rings. The highest BCUT2D eigenvalue weighted by atomic mass is 32.2. The molecule has 0 saturated carbocycles. The molecule has 0 spiro atoms. The molecule has 0 amide bonds. The normalized spacial score (nSPS) is 11.1. The monoisotopic (exact) mass is 328 g/mol. The Morgan fingerprint density at radius 1 is 1.35 bits per heavy atom. The van der Waals surface area contributed by atoms with E-state index in [0.29, 0.717) is 16.8 Å². The number of aromatic nitrogens is 2. The van der Waals surface area contributed by atoms with E-state index in [-0.39, 0.29) is 16.1 Å². The number of nitriles is 1. The number of anilines is 1. The second-order valence-electron chi connectivity index (χ2n) is 4.68. The Bertz CT molecular complexity index is 1020. The Morgan fingerprint density at radius 3 is 2.91 bits per heavy atom. The topological polar surface area (TPSA) is 108 Å². The first-order valence-corrected chi connectivity index (χ1v) is 8.06. The summed E-state index contributed by atoms with van der Waals surface area (Å²) >= 11 is 0. The molecule has 7 nitrogen and oxygen atoms in total. The fourth-order valence-corrected chi connectivity index (χ4v) is 3.42. The van der Waals surface area contributed by atoms with Crippen LogP contribution in [-0.4, -0.2) is 25.5 Å². The summed E-state index contributed by atoms with van der Waals surface area (Å²) in [6.45, 7) is 0. The number of H-pyrrole nitrogens is 1. The van der Waals surface area contributed by atoms with Crippen LogP contribution in [0.15, 0.2) is 47.6 Å². The number of hydrogen-bond donors (Lipinski definition) is 2. The van der Waals surface area contributed by atoms with Gasteiger partial charge in [0.15, 0.2) is 0 Å². The van der Waals surface area contributed by atoms with Gasteiger partial charge in [-0.1, -0.05) is 0 Å². The summed E-state index contributed by atoms with van der Waals surface area (Å²) in [6.07, 6.45) is 2.94. The number of ether oxygens (including phenoxy) is 1. The van der Waals surface area contributed by atoms with Crippen LogP contribution in [0, 0.1) is 11.3 Å². The number of benzene rings is 1. The van der Waals surface area contributed by atoms with Crippen LogP contribution >= 0.6 is 0 Å². The van der Waals surface area contributed by atoms with Gasteiger partial charge in [-0.25, -0.2) is 13.4 Å². The zero-order valence-corrected chi connectivity index (χ0v) is 12.9. The van der Waals surface area contributed by atoms with Crippen LogP contribution in [0.4, 0.5) is 5.69 Å². The summed E-state index contributed by atoms with van der Waals surface area (Å²) in [5.41, 5.74) is 0.830. The number of nitrogens with zero attached hydrogens (tertiary/aromatic N) is 2. The number of pyridine rings is 1. The molecular weight excluding hydrogens is 316 g/mol. The van der Waals surface area contributed by atoms with Gasteiger partial charge in [0.05, 0.1) is 18.4 Å². The molecule has 1 aromatic carbocycles. The Hall–Kier alpha value is -3.05.